The molecule has 2 rings (SSSR count). The quantitative estimate of drug-likeness (QED) is 0.881. The summed E-state index contributed by atoms with van der Waals surface area (Å²) < 4.78 is 6.23. The predicted octanol–water partition coefficient (Wildman–Crippen LogP) is 2.82. The van der Waals surface area contributed by atoms with Crippen molar-refractivity contribution in [3.05, 3.63) is 28.7 Å². The SMILES string of the molecule is CCOc1nc(NC)nc(Nc2ccccc2Br)n1. The largest absolute Gasteiger partial charge is 0.464 e. The van der Waals surface area contributed by atoms with Gasteiger partial charge in [0.05, 0.1) is 12.3 Å². The van der Waals surface area contributed by atoms with Crippen molar-refractivity contribution in [3.63, 3.8) is 0 Å². The Hall–Kier alpha value is -1.89. The molecular weight excluding hydrogens is 310 g/mol. The molecule has 1 heterocycles. The van der Waals surface area contributed by atoms with Crippen LogP contribution in [-0.2, 0) is 0 Å². The number of halogens is 1. The summed E-state index contributed by atoms with van der Waals surface area (Å²) >= 11 is 3.46. The van der Waals surface area contributed by atoms with Crippen LogP contribution in [0.5, 0.6) is 6.01 Å². The van der Waals surface area contributed by atoms with E-state index in [1.807, 2.05) is 31.2 Å². The Labute approximate surface area is 119 Å². The first kappa shape index (κ1) is 13.5. The molecule has 1 aromatic heterocycles. The van der Waals surface area contributed by atoms with E-state index in [2.05, 4.69) is 41.5 Å². The van der Waals surface area contributed by atoms with Gasteiger partial charge in [-0.15, -0.1) is 0 Å². The van der Waals surface area contributed by atoms with E-state index in [0.717, 1.165) is 10.2 Å². The van der Waals surface area contributed by atoms with Gasteiger partial charge in [0.2, 0.25) is 11.9 Å². The van der Waals surface area contributed by atoms with Gasteiger partial charge in [0.25, 0.3) is 0 Å². The summed E-state index contributed by atoms with van der Waals surface area (Å²) in [7, 11) is 1.74. The standard InChI is InChI=1S/C12H14BrN5O/c1-3-19-12-17-10(14-2)16-11(18-12)15-9-7-5-4-6-8(9)13/h4-7H,3H2,1-2H3,(H2,14,15,16,17,18). The van der Waals surface area contributed by atoms with Crippen molar-refractivity contribution in [3.8, 4) is 6.01 Å². The molecule has 0 radical (unpaired) electrons. The molecule has 1 aromatic carbocycles. The van der Waals surface area contributed by atoms with Crippen molar-refractivity contribution in [2.75, 3.05) is 24.3 Å². The lowest BCUT2D eigenvalue weighted by atomic mass is 10.3. The Balaban J connectivity index is 2.29. The van der Waals surface area contributed by atoms with Gasteiger partial charge >= 0.3 is 6.01 Å². The zero-order chi connectivity index (χ0) is 13.7. The summed E-state index contributed by atoms with van der Waals surface area (Å²) in [6.45, 7) is 2.38. The number of ether oxygens (including phenoxy) is 1. The Morgan fingerprint density at radius 1 is 1.16 bits per heavy atom. The van der Waals surface area contributed by atoms with E-state index >= 15 is 0 Å². The second kappa shape index (κ2) is 6.33. The molecule has 0 fully saturated rings. The second-order valence-corrected chi connectivity index (χ2v) is 4.41. The summed E-state index contributed by atoms with van der Waals surface area (Å²) in [6.07, 6.45) is 0. The number of benzene rings is 1. The highest BCUT2D eigenvalue weighted by Gasteiger charge is 2.07. The number of anilines is 3. The molecule has 19 heavy (non-hydrogen) atoms. The fourth-order valence-electron chi connectivity index (χ4n) is 1.40. The minimum absolute atomic E-state index is 0.288. The van der Waals surface area contributed by atoms with E-state index in [1.165, 1.54) is 0 Å². The molecule has 100 valence electrons. The molecule has 0 aliphatic carbocycles. The maximum atomic E-state index is 5.30. The van der Waals surface area contributed by atoms with Crippen LogP contribution in [0.25, 0.3) is 0 Å². The van der Waals surface area contributed by atoms with Crippen LogP contribution in [0.2, 0.25) is 0 Å². The van der Waals surface area contributed by atoms with Crippen molar-refractivity contribution in [2.24, 2.45) is 0 Å². The van der Waals surface area contributed by atoms with Crippen LogP contribution in [0, 0.1) is 0 Å². The summed E-state index contributed by atoms with van der Waals surface area (Å²) in [5, 5.41) is 5.99. The summed E-state index contributed by atoms with van der Waals surface area (Å²) in [6, 6.07) is 8.01. The molecule has 7 heteroatoms. The number of nitrogens with one attached hydrogen (secondary N) is 2. The van der Waals surface area contributed by atoms with Crippen molar-refractivity contribution < 1.29 is 4.74 Å². The Morgan fingerprint density at radius 3 is 2.58 bits per heavy atom. The third-order valence-electron chi connectivity index (χ3n) is 2.23. The zero-order valence-corrected chi connectivity index (χ0v) is 12.2. The smallest absolute Gasteiger partial charge is 0.323 e. The number of aromatic nitrogens is 3. The molecule has 0 aliphatic rings. The minimum atomic E-state index is 0.288. The number of nitrogens with zero attached hydrogens (tertiary/aromatic N) is 3. The summed E-state index contributed by atoms with van der Waals surface area (Å²) in [5.74, 6) is 0.878. The van der Waals surface area contributed by atoms with Crippen molar-refractivity contribution in [1.82, 2.24) is 15.0 Å². The maximum absolute atomic E-state index is 5.30. The summed E-state index contributed by atoms with van der Waals surface area (Å²) in [4.78, 5) is 12.5. The maximum Gasteiger partial charge on any atom is 0.323 e. The van der Waals surface area contributed by atoms with Gasteiger partial charge in [0, 0.05) is 11.5 Å². The molecule has 0 atom stereocenters. The van der Waals surface area contributed by atoms with Crippen LogP contribution >= 0.6 is 15.9 Å². The highest BCUT2D eigenvalue weighted by Crippen LogP contribution is 2.24. The Bertz CT molecular complexity index is 564. The van der Waals surface area contributed by atoms with E-state index in [0.29, 0.717) is 18.5 Å². The van der Waals surface area contributed by atoms with Crippen molar-refractivity contribution >= 4 is 33.5 Å². The fourth-order valence-corrected chi connectivity index (χ4v) is 1.78. The third kappa shape index (κ3) is 3.54. The highest BCUT2D eigenvalue weighted by molar-refractivity contribution is 9.10. The van der Waals surface area contributed by atoms with Gasteiger partial charge in [-0.1, -0.05) is 12.1 Å². The molecule has 0 spiro atoms. The van der Waals surface area contributed by atoms with Gasteiger partial charge in [0.15, 0.2) is 0 Å². The number of hydrogen-bond acceptors (Lipinski definition) is 6. The molecule has 0 saturated carbocycles. The predicted molar refractivity (Wildman–Crippen MR) is 78.0 cm³/mol. The van der Waals surface area contributed by atoms with Crippen LogP contribution in [0.1, 0.15) is 6.92 Å². The van der Waals surface area contributed by atoms with Gasteiger partial charge in [-0.3, -0.25) is 0 Å². The van der Waals surface area contributed by atoms with E-state index in [1.54, 1.807) is 7.05 Å². The lowest BCUT2D eigenvalue weighted by Gasteiger charge is -2.09. The van der Waals surface area contributed by atoms with Gasteiger partial charge < -0.3 is 15.4 Å². The first-order chi connectivity index (χ1) is 9.22. The minimum Gasteiger partial charge on any atom is -0.464 e. The molecular formula is C12H14BrN5O. The summed E-state index contributed by atoms with van der Waals surface area (Å²) in [5.41, 5.74) is 0.873. The topological polar surface area (TPSA) is 72.0 Å². The zero-order valence-electron chi connectivity index (χ0n) is 10.6. The number of hydrogen-bond donors (Lipinski definition) is 2. The molecule has 2 aromatic rings. The van der Waals surface area contributed by atoms with Gasteiger partial charge in [-0.2, -0.15) is 15.0 Å². The van der Waals surface area contributed by atoms with Crippen molar-refractivity contribution in [2.45, 2.75) is 6.92 Å². The Morgan fingerprint density at radius 2 is 1.89 bits per heavy atom. The van der Waals surface area contributed by atoms with Crippen LogP contribution in [0.4, 0.5) is 17.6 Å². The first-order valence-corrected chi connectivity index (χ1v) is 6.60. The lowest BCUT2D eigenvalue weighted by molar-refractivity contribution is 0.312. The Kier molecular flexibility index (Phi) is 4.51. The first-order valence-electron chi connectivity index (χ1n) is 5.81. The molecule has 2 N–H and O–H groups in total. The van der Waals surface area contributed by atoms with Gasteiger partial charge in [-0.25, -0.2) is 0 Å². The second-order valence-electron chi connectivity index (χ2n) is 3.55. The normalized spacial score (nSPS) is 10.1. The molecule has 0 unspecified atom stereocenters. The number of para-hydroxylation sites is 1. The van der Waals surface area contributed by atoms with E-state index in [4.69, 9.17) is 4.74 Å². The number of rotatable bonds is 5. The van der Waals surface area contributed by atoms with Gasteiger partial charge in [-0.05, 0) is 35.0 Å². The van der Waals surface area contributed by atoms with Crippen LogP contribution in [0.3, 0.4) is 0 Å². The fraction of sp³-hybridized carbons (Fsp3) is 0.250. The molecule has 0 amide bonds. The molecule has 6 nitrogen and oxygen atoms in total. The molecule has 0 bridgehead atoms. The average molecular weight is 324 g/mol. The molecule has 0 saturated heterocycles. The van der Waals surface area contributed by atoms with Crippen LogP contribution in [0.15, 0.2) is 28.7 Å². The third-order valence-corrected chi connectivity index (χ3v) is 2.92. The lowest BCUT2D eigenvalue weighted by Crippen LogP contribution is -2.07. The average Bonchev–Trinajstić information content (AvgIpc) is 2.41. The van der Waals surface area contributed by atoms with Crippen molar-refractivity contribution in [1.29, 1.82) is 0 Å². The van der Waals surface area contributed by atoms with E-state index in [9.17, 15) is 0 Å². The molecule has 0 aliphatic heterocycles. The monoisotopic (exact) mass is 323 g/mol. The van der Waals surface area contributed by atoms with Crippen LogP contribution in [-0.4, -0.2) is 28.6 Å². The van der Waals surface area contributed by atoms with E-state index in [-0.39, 0.29) is 6.01 Å². The van der Waals surface area contributed by atoms with Crippen LogP contribution < -0.4 is 15.4 Å². The van der Waals surface area contributed by atoms with E-state index < -0.39 is 0 Å². The highest BCUT2D eigenvalue weighted by atomic mass is 79.9. The van der Waals surface area contributed by atoms with Gasteiger partial charge in [0.1, 0.15) is 0 Å².